The number of hydrogen-bond acceptors (Lipinski definition) is 4. The van der Waals surface area contributed by atoms with Crippen molar-refractivity contribution in [1.82, 2.24) is 20.2 Å². The van der Waals surface area contributed by atoms with Gasteiger partial charge in [0, 0.05) is 18.0 Å². The number of benzene rings is 1. The molecule has 0 amide bonds. The van der Waals surface area contributed by atoms with Crippen LogP contribution in [0.15, 0.2) is 30.6 Å². The maximum Gasteiger partial charge on any atom is 0.138 e. The molecule has 5 nitrogen and oxygen atoms in total. The molecule has 1 atom stereocenters. The fourth-order valence-electron chi connectivity index (χ4n) is 2.04. The molecule has 0 spiro atoms. The SMILES string of the molecule is CCCn1ncnc1CC(NN)c1ccccc1Cl. The van der Waals surface area contributed by atoms with Gasteiger partial charge in [0.2, 0.25) is 0 Å². The molecule has 2 rings (SSSR count). The molecule has 0 saturated carbocycles. The van der Waals surface area contributed by atoms with E-state index >= 15 is 0 Å². The number of hydrogen-bond donors (Lipinski definition) is 2. The Morgan fingerprint density at radius 3 is 2.89 bits per heavy atom. The summed E-state index contributed by atoms with van der Waals surface area (Å²) in [4.78, 5) is 4.29. The molecule has 102 valence electrons. The summed E-state index contributed by atoms with van der Waals surface area (Å²) in [5.74, 6) is 6.56. The first-order chi connectivity index (χ1) is 9.26. The van der Waals surface area contributed by atoms with E-state index in [0.717, 1.165) is 24.4 Å². The summed E-state index contributed by atoms with van der Waals surface area (Å²) in [5.41, 5.74) is 3.77. The number of rotatable bonds is 6. The fourth-order valence-corrected chi connectivity index (χ4v) is 2.31. The van der Waals surface area contributed by atoms with E-state index in [9.17, 15) is 0 Å². The Labute approximate surface area is 117 Å². The van der Waals surface area contributed by atoms with Crippen LogP contribution in [0.3, 0.4) is 0 Å². The predicted molar refractivity (Wildman–Crippen MR) is 75.5 cm³/mol. The van der Waals surface area contributed by atoms with Gasteiger partial charge in [0.05, 0.1) is 6.04 Å². The van der Waals surface area contributed by atoms with Gasteiger partial charge >= 0.3 is 0 Å². The van der Waals surface area contributed by atoms with Gasteiger partial charge in [-0.1, -0.05) is 36.7 Å². The van der Waals surface area contributed by atoms with Crippen molar-refractivity contribution in [3.63, 3.8) is 0 Å². The Kier molecular flexibility index (Phi) is 4.90. The van der Waals surface area contributed by atoms with Gasteiger partial charge < -0.3 is 0 Å². The Morgan fingerprint density at radius 2 is 2.21 bits per heavy atom. The third-order valence-corrected chi connectivity index (χ3v) is 3.34. The van der Waals surface area contributed by atoms with Gasteiger partial charge in [0.15, 0.2) is 0 Å². The third-order valence-electron chi connectivity index (χ3n) is 3.00. The average Bonchev–Trinajstić information content (AvgIpc) is 2.85. The van der Waals surface area contributed by atoms with Crippen LogP contribution in [0, 0.1) is 0 Å². The van der Waals surface area contributed by atoms with Crippen molar-refractivity contribution in [2.75, 3.05) is 0 Å². The minimum absolute atomic E-state index is 0.0755. The van der Waals surface area contributed by atoms with Crippen LogP contribution in [-0.4, -0.2) is 14.8 Å². The van der Waals surface area contributed by atoms with Crippen LogP contribution in [-0.2, 0) is 13.0 Å². The van der Waals surface area contributed by atoms with Crippen molar-refractivity contribution in [3.8, 4) is 0 Å². The smallest absolute Gasteiger partial charge is 0.138 e. The first-order valence-corrected chi connectivity index (χ1v) is 6.71. The van der Waals surface area contributed by atoms with Gasteiger partial charge in [0.1, 0.15) is 12.2 Å². The van der Waals surface area contributed by atoms with E-state index in [1.807, 2.05) is 28.9 Å². The lowest BCUT2D eigenvalue weighted by molar-refractivity contribution is 0.499. The summed E-state index contributed by atoms with van der Waals surface area (Å²) >= 11 is 6.20. The zero-order chi connectivity index (χ0) is 13.7. The molecular formula is C13H18ClN5. The Bertz CT molecular complexity index is 525. The molecule has 2 aromatic rings. The number of hydrazine groups is 1. The highest BCUT2D eigenvalue weighted by atomic mass is 35.5. The molecule has 1 heterocycles. The lowest BCUT2D eigenvalue weighted by atomic mass is 10.0. The highest BCUT2D eigenvalue weighted by molar-refractivity contribution is 6.31. The molecule has 0 radical (unpaired) electrons. The molecule has 0 aliphatic rings. The zero-order valence-electron chi connectivity index (χ0n) is 10.9. The summed E-state index contributed by atoms with van der Waals surface area (Å²) in [6.45, 7) is 2.97. The van der Waals surface area contributed by atoms with Crippen molar-refractivity contribution >= 4 is 11.6 Å². The number of aromatic nitrogens is 3. The lowest BCUT2D eigenvalue weighted by Crippen LogP contribution is -2.30. The molecule has 0 bridgehead atoms. The van der Waals surface area contributed by atoms with Gasteiger partial charge in [-0.15, -0.1) is 0 Å². The number of nitrogens with zero attached hydrogens (tertiary/aromatic N) is 3. The second kappa shape index (κ2) is 6.65. The Balaban J connectivity index is 2.19. The standard InChI is InChI=1S/C13H18ClN5/c1-2-7-19-13(16-9-17-19)8-12(18-15)10-5-3-4-6-11(10)14/h3-6,9,12,18H,2,7-8,15H2,1H3. The highest BCUT2D eigenvalue weighted by Gasteiger charge is 2.16. The second-order valence-electron chi connectivity index (χ2n) is 4.34. The van der Waals surface area contributed by atoms with Crippen LogP contribution in [0.25, 0.3) is 0 Å². The van der Waals surface area contributed by atoms with Crippen molar-refractivity contribution in [1.29, 1.82) is 0 Å². The van der Waals surface area contributed by atoms with Gasteiger partial charge in [-0.05, 0) is 18.1 Å². The normalized spacial score (nSPS) is 12.6. The van der Waals surface area contributed by atoms with E-state index in [-0.39, 0.29) is 6.04 Å². The van der Waals surface area contributed by atoms with E-state index in [1.165, 1.54) is 0 Å². The van der Waals surface area contributed by atoms with Crippen LogP contribution in [0.2, 0.25) is 5.02 Å². The molecule has 0 saturated heterocycles. The van der Waals surface area contributed by atoms with E-state index < -0.39 is 0 Å². The molecule has 3 N–H and O–H groups in total. The monoisotopic (exact) mass is 279 g/mol. The molecule has 1 unspecified atom stereocenters. The lowest BCUT2D eigenvalue weighted by Gasteiger charge is -2.17. The molecule has 19 heavy (non-hydrogen) atoms. The Hall–Kier alpha value is -1.43. The van der Waals surface area contributed by atoms with E-state index in [2.05, 4.69) is 22.4 Å². The molecule has 0 fully saturated rings. The number of halogens is 1. The van der Waals surface area contributed by atoms with Crippen LogP contribution >= 0.6 is 11.6 Å². The molecule has 6 heteroatoms. The first-order valence-electron chi connectivity index (χ1n) is 6.33. The first kappa shape index (κ1) is 14.0. The number of nitrogens with one attached hydrogen (secondary N) is 1. The van der Waals surface area contributed by atoms with Crippen molar-refractivity contribution in [2.45, 2.75) is 32.4 Å². The van der Waals surface area contributed by atoms with E-state index in [0.29, 0.717) is 11.4 Å². The predicted octanol–water partition coefficient (Wildman–Crippen LogP) is 2.09. The minimum Gasteiger partial charge on any atom is -0.271 e. The maximum absolute atomic E-state index is 6.20. The molecular weight excluding hydrogens is 262 g/mol. The maximum atomic E-state index is 6.20. The van der Waals surface area contributed by atoms with Crippen molar-refractivity contribution in [3.05, 3.63) is 47.0 Å². The molecule has 0 aliphatic heterocycles. The van der Waals surface area contributed by atoms with Gasteiger partial charge in [0.25, 0.3) is 0 Å². The fraction of sp³-hybridized carbons (Fsp3) is 0.385. The highest BCUT2D eigenvalue weighted by Crippen LogP contribution is 2.24. The van der Waals surface area contributed by atoms with Crippen molar-refractivity contribution < 1.29 is 0 Å². The zero-order valence-corrected chi connectivity index (χ0v) is 11.6. The van der Waals surface area contributed by atoms with Gasteiger partial charge in [-0.25, -0.2) is 4.98 Å². The third kappa shape index (κ3) is 3.32. The molecule has 1 aromatic heterocycles. The summed E-state index contributed by atoms with van der Waals surface area (Å²) in [6, 6.07) is 7.60. The summed E-state index contributed by atoms with van der Waals surface area (Å²) < 4.78 is 1.90. The molecule has 0 aliphatic carbocycles. The summed E-state index contributed by atoms with van der Waals surface area (Å²) in [7, 11) is 0. The van der Waals surface area contributed by atoms with Crippen LogP contribution in [0.5, 0.6) is 0 Å². The van der Waals surface area contributed by atoms with Gasteiger partial charge in [-0.3, -0.25) is 16.0 Å². The second-order valence-corrected chi connectivity index (χ2v) is 4.75. The van der Waals surface area contributed by atoms with Gasteiger partial charge in [-0.2, -0.15) is 5.10 Å². The van der Waals surface area contributed by atoms with E-state index in [4.69, 9.17) is 17.4 Å². The topological polar surface area (TPSA) is 68.8 Å². The Morgan fingerprint density at radius 1 is 1.42 bits per heavy atom. The van der Waals surface area contributed by atoms with Crippen LogP contribution in [0.1, 0.15) is 30.8 Å². The number of nitrogens with two attached hydrogens (primary N) is 1. The van der Waals surface area contributed by atoms with Crippen LogP contribution in [0.4, 0.5) is 0 Å². The van der Waals surface area contributed by atoms with Crippen molar-refractivity contribution in [2.24, 2.45) is 5.84 Å². The summed E-state index contributed by atoms with van der Waals surface area (Å²) in [6.07, 6.45) is 3.24. The van der Waals surface area contributed by atoms with E-state index in [1.54, 1.807) is 6.33 Å². The number of aryl methyl sites for hydroxylation is 1. The average molecular weight is 280 g/mol. The quantitative estimate of drug-likeness (QED) is 0.628. The van der Waals surface area contributed by atoms with Crippen LogP contribution < -0.4 is 11.3 Å². The minimum atomic E-state index is -0.0755. The summed E-state index contributed by atoms with van der Waals surface area (Å²) in [5, 5.41) is 4.91. The molecule has 1 aromatic carbocycles. The largest absolute Gasteiger partial charge is 0.271 e.